The Morgan fingerprint density at radius 2 is 1.96 bits per heavy atom. The van der Waals surface area contributed by atoms with Crippen LogP contribution in [0.4, 0.5) is 5.69 Å². The molecule has 0 saturated carbocycles. The summed E-state index contributed by atoms with van der Waals surface area (Å²) in [5.74, 6) is -1.20. The van der Waals surface area contributed by atoms with Crippen molar-refractivity contribution in [1.29, 1.82) is 0 Å². The van der Waals surface area contributed by atoms with E-state index in [-0.39, 0.29) is 23.6 Å². The van der Waals surface area contributed by atoms with Gasteiger partial charge in [-0.15, -0.1) is 0 Å². The smallest absolute Gasteiger partial charge is 0.339 e. The molecule has 0 spiro atoms. The van der Waals surface area contributed by atoms with Crippen LogP contribution in [0, 0.1) is 10.1 Å². The highest BCUT2D eigenvalue weighted by Crippen LogP contribution is 2.28. The van der Waals surface area contributed by atoms with Gasteiger partial charge in [0.15, 0.2) is 11.9 Å². The molecule has 0 aliphatic heterocycles. The number of nitro groups is 1. The monoisotopic (exact) mass is 338 g/mol. The maximum absolute atomic E-state index is 12.1. The van der Waals surface area contributed by atoms with Crippen LogP contribution in [0.3, 0.4) is 0 Å². The molecule has 0 bridgehead atoms. The van der Waals surface area contributed by atoms with Crippen molar-refractivity contribution >= 4 is 17.6 Å². The van der Waals surface area contributed by atoms with Crippen molar-refractivity contribution < 1.29 is 24.0 Å². The number of carbonyl (C=O) groups excluding carboxylic acids is 2. The van der Waals surface area contributed by atoms with Crippen LogP contribution in [-0.4, -0.2) is 35.0 Å². The van der Waals surface area contributed by atoms with Gasteiger partial charge in [0.2, 0.25) is 0 Å². The molecule has 1 N–H and O–H groups in total. The average molecular weight is 338 g/mol. The third-order valence-electron chi connectivity index (χ3n) is 2.84. The van der Waals surface area contributed by atoms with Crippen LogP contribution in [0.5, 0.6) is 5.75 Å². The Hall–Kier alpha value is -2.64. The van der Waals surface area contributed by atoms with Crippen molar-refractivity contribution in [3.63, 3.8) is 0 Å². The fourth-order valence-electron chi connectivity index (χ4n) is 1.82. The molecule has 1 aromatic carbocycles. The number of ether oxygens (including phenoxy) is 2. The van der Waals surface area contributed by atoms with Crippen LogP contribution in [0.1, 0.15) is 45.0 Å². The fourth-order valence-corrected chi connectivity index (χ4v) is 1.82. The number of nitrogens with one attached hydrogen (secondary N) is 1. The summed E-state index contributed by atoms with van der Waals surface area (Å²) in [6.45, 7) is 8.79. The molecule has 0 aromatic heterocycles. The molecule has 0 aliphatic rings. The van der Waals surface area contributed by atoms with Crippen LogP contribution < -0.4 is 10.1 Å². The van der Waals surface area contributed by atoms with Crippen LogP contribution >= 0.6 is 0 Å². The summed E-state index contributed by atoms with van der Waals surface area (Å²) in [5, 5.41) is 13.8. The quantitative estimate of drug-likeness (QED) is 0.485. The van der Waals surface area contributed by atoms with E-state index in [0.29, 0.717) is 0 Å². The van der Waals surface area contributed by atoms with E-state index in [1.165, 1.54) is 19.1 Å². The second-order valence-corrected chi connectivity index (χ2v) is 6.16. The molecular weight excluding hydrogens is 316 g/mol. The minimum absolute atomic E-state index is 0.0273. The largest absolute Gasteiger partial charge is 0.487 e. The normalized spacial score (nSPS) is 12.2. The molecule has 1 aromatic rings. The highest BCUT2D eigenvalue weighted by Gasteiger charge is 2.25. The van der Waals surface area contributed by atoms with Crippen molar-refractivity contribution in [2.45, 2.75) is 46.3 Å². The van der Waals surface area contributed by atoms with E-state index in [1.807, 2.05) is 0 Å². The van der Waals surface area contributed by atoms with E-state index in [0.717, 1.165) is 6.07 Å². The summed E-state index contributed by atoms with van der Waals surface area (Å²) < 4.78 is 10.2. The third-order valence-corrected chi connectivity index (χ3v) is 2.84. The molecule has 132 valence electrons. The summed E-state index contributed by atoms with van der Waals surface area (Å²) in [4.78, 5) is 34.5. The summed E-state index contributed by atoms with van der Waals surface area (Å²) in [6, 6.07) is 3.76. The summed E-state index contributed by atoms with van der Waals surface area (Å²) in [5.41, 5.74) is -0.825. The Morgan fingerprint density at radius 1 is 1.33 bits per heavy atom. The van der Waals surface area contributed by atoms with Gasteiger partial charge in [0, 0.05) is 11.6 Å². The highest BCUT2D eigenvalue weighted by atomic mass is 16.6. The van der Waals surface area contributed by atoms with Gasteiger partial charge in [-0.25, -0.2) is 4.79 Å². The van der Waals surface area contributed by atoms with Gasteiger partial charge in [-0.3, -0.25) is 14.9 Å². The second kappa shape index (κ2) is 7.76. The Bertz CT molecular complexity index is 636. The maximum atomic E-state index is 12.1. The Kier molecular flexibility index (Phi) is 6.27. The summed E-state index contributed by atoms with van der Waals surface area (Å²) in [7, 11) is 0. The number of hydrogen-bond acceptors (Lipinski definition) is 6. The van der Waals surface area contributed by atoms with E-state index in [2.05, 4.69) is 5.32 Å². The molecular formula is C16H22N2O6. The van der Waals surface area contributed by atoms with Gasteiger partial charge in [-0.1, -0.05) is 0 Å². The first kappa shape index (κ1) is 19.4. The molecule has 0 radical (unpaired) electrons. The van der Waals surface area contributed by atoms with Gasteiger partial charge >= 0.3 is 11.7 Å². The minimum Gasteiger partial charge on any atom is -0.487 e. The number of benzene rings is 1. The van der Waals surface area contributed by atoms with Gasteiger partial charge in [-0.2, -0.15) is 0 Å². The minimum atomic E-state index is -1.03. The number of rotatable bonds is 6. The maximum Gasteiger partial charge on any atom is 0.339 e. The van der Waals surface area contributed by atoms with Crippen LogP contribution in [0.2, 0.25) is 0 Å². The first-order chi connectivity index (χ1) is 11.0. The Morgan fingerprint density at radius 3 is 2.46 bits per heavy atom. The lowest BCUT2D eigenvalue weighted by atomic mass is 10.1. The van der Waals surface area contributed by atoms with Gasteiger partial charge < -0.3 is 14.8 Å². The SMILES string of the molecule is CCOc1ccc(C(=O)O[C@@H](C)C(=O)NC(C)(C)C)cc1[N+](=O)[O-]. The van der Waals surface area contributed by atoms with Gasteiger partial charge in [0.25, 0.3) is 5.91 Å². The molecule has 0 aliphatic carbocycles. The Balaban J connectivity index is 2.90. The van der Waals surface area contributed by atoms with Gasteiger partial charge in [-0.05, 0) is 46.8 Å². The van der Waals surface area contributed by atoms with Crippen molar-refractivity contribution in [2.24, 2.45) is 0 Å². The third kappa shape index (κ3) is 5.53. The predicted molar refractivity (Wildman–Crippen MR) is 87.0 cm³/mol. The highest BCUT2D eigenvalue weighted by molar-refractivity contribution is 5.93. The molecule has 0 saturated heterocycles. The lowest BCUT2D eigenvalue weighted by Crippen LogP contribution is -2.46. The molecule has 0 heterocycles. The molecule has 1 amide bonds. The van der Waals surface area contributed by atoms with Crippen LogP contribution in [-0.2, 0) is 9.53 Å². The lowest BCUT2D eigenvalue weighted by Gasteiger charge is -2.23. The van der Waals surface area contributed by atoms with Crippen molar-refractivity contribution in [3.05, 3.63) is 33.9 Å². The van der Waals surface area contributed by atoms with E-state index < -0.39 is 28.4 Å². The van der Waals surface area contributed by atoms with Crippen molar-refractivity contribution in [1.82, 2.24) is 5.32 Å². The van der Waals surface area contributed by atoms with Crippen molar-refractivity contribution in [3.8, 4) is 5.75 Å². The number of esters is 1. The Labute approximate surface area is 140 Å². The molecule has 0 unspecified atom stereocenters. The summed E-state index contributed by atoms with van der Waals surface area (Å²) in [6.07, 6.45) is -1.03. The number of nitro benzene ring substituents is 1. The van der Waals surface area contributed by atoms with E-state index in [4.69, 9.17) is 9.47 Å². The zero-order chi connectivity index (χ0) is 18.5. The molecule has 0 fully saturated rings. The number of amides is 1. The molecule has 1 atom stereocenters. The average Bonchev–Trinajstić information content (AvgIpc) is 2.45. The number of nitrogens with zero attached hydrogens (tertiary/aromatic N) is 1. The first-order valence-electron chi connectivity index (χ1n) is 7.49. The van der Waals surface area contributed by atoms with E-state index in [1.54, 1.807) is 27.7 Å². The van der Waals surface area contributed by atoms with E-state index in [9.17, 15) is 19.7 Å². The van der Waals surface area contributed by atoms with Gasteiger partial charge in [0.05, 0.1) is 17.1 Å². The van der Waals surface area contributed by atoms with Gasteiger partial charge in [0.1, 0.15) is 0 Å². The summed E-state index contributed by atoms with van der Waals surface area (Å²) >= 11 is 0. The predicted octanol–water partition coefficient (Wildman–Crippen LogP) is 2.45. The molecule has 24 heavy (non-hydrogen) atoms. The number of hydrogen-bond donors (Lipinski definition) is 1. The van der Waals surface area contributed by atoms with Crippen LogP contribution in [0.15, 0.2) is 18.2 Å². The fraction of sp³-hybridized carbons (Fsp3) is 0.500. The standard InChI is InChI=1S/C16H22N2O6/c1-6-23-13-8-7-11(9-12(13)18(21)22)15(20)24-10(2)14(19)17-16(3,4)5/h7-10H,6H2,1-5H3,(H,17,19)/t10-/m0/s1. The van der Waals surface area contributed by atoms with Crippen molar-refractivity contribution in [2.75, 3.05) is 6.61 Å². The number of carbonyl (C=O) groups is 2. The molecule has 8 nitrogen and oxygen atoms in total. The first-order valence-corrected chi connectivity index (χ1v) is 7.49. The topological polar surface area (TPSA) is 108 Å². The zero-order valence-corrected chi connectivity index (χ0v) is 14.4. The lowest BCUT2D eigenvalue weighted by molar-refractivity contribution is -0.385. The zero-order valence-electron chi connectivity index (χ0n) is 14.4. The molecule has 8 heteroatoms. The molecule has 1 rings (SSSR count). The van der Waals surface area contributed by atoms with Crippen LogP contribution in [0.25, 0.3) is 0 Å². The van der Waals surface area contributed by atoms with E-state index >= 15 is 0 Å². The second-order valence-electron chi connectivity index (χ2n) is 6.16.